The number of hydrogen-bond acceptors (Lipinski definition) is 6. The molecule has 0 N–H and O–H groups in total. The van der Waals surface area contributed by atoms with Crippen LogP contribution < -0.4 is 0 Å². The van der Waals surface area contributed by atoms with E-state index >= 15 is 0 Å². The van der Waals surface area contributed by atoms with E-state index in [1.54, 1.807) is 0 Å². The summed E-state index contributed by atoms with van der Waals surface area (Å²) in [5.74, 6) is 1.21. The van der Waals surface area contributed by atoms with Crippen LogP contribution in [0.2, 0.25) is 0 Å². The van der Waals surface area contributed by atoms with Gasteiger partial charge in [0.1, 0.15) is 11.0 Å². The molecular weight excluding hydrogens is 1100 g/mol. The van der Waals surface area contributed by atoms with Gasteiger partial charge in [-0.1, -0.05) is 231 Å². The Morgan fingerprint density at radius 3 is 0.811 bits per heavy atom. The molecule has 0 atom stereocenters. The van der Waals surface area contributed by atoms with E-state index in [1.807, 2.05) is 48.5 Å². The Kier molecular flexibility index (Phi) is 11.6. The van der Waals surface area contributed by atoms with Crippen molar-refractivity contribution in [3.8, 4) is 89.9 Å². The third-order valence-electron chi connectivity index (χ3n) is 18.7. The van der Waals surface area contributed by atoms with Gasteiger partial charge in [0.25, 0.3) is 0 Å². The number of rotatable bonds is 10. The van der Waals surface area contributed by atoms with E-state index in [-0.39, 0.29) is 0 Å². The van der Waals surface area contributed by atoms with E-state index in [0.717, 1.165) is 89.1 Å². The predicted molar refractivity (Wildman–Crippen MR) is 362 cm³/mol. The molecule has 3 aromatic heterocycles. The lowest BCUT2D eigenvalue weighted by Gasteiger charge is -2.34. The summed E-state index contributed by atoms with van der Waals surface area (Å²) in [7, 11) is 0. The lowest BCUT2D eigenvalue weighted by Crippen LogP contribution is -2.28. The molecule has 90 heavy (non-hydrogen) atoms. The minimum absolute atomic E-state index is 0.607. The van der Waals surface area contributed by atoms with Crippen LogP contribution in [0.1, 0.15) is 44.5 Å². The first-order valence-corrected chi connectivity index (χ1v) is 30.6. The number of fused-ring (bicyclic) bond motifs is 9. The molecule has 0 aliphatic heterocycles. The van der Waals surface area contributed by atoms with Gasteiger partial charge in [0, 0.05) is 22.3 Å². The van der Waals surface area contributed by atoms with Gasteiger partial charge in [-0.3, -0.25) is 0 Å². The highest BCUT2D eigenvalue weighted by atomic mass is 16.4. The summed E-state index contributed by atoms with van der Waals surface area (Å²) in [4.78, 5) is 20.9. The molecule has 420 valence electrons. The Hall–Kier alpha value is -11.9. The Bertz CT molecular complexity index is 4980. The van der Waals surface area contributed by atoms with Crippen molar-refractivity contribution in [1.82, 2.24) is 19.9 Å². The van der Waals surface area contributed by atoms with E-state index in [0.29, 0.717) is 11.8 Å². The zero-order valence-corrected chi connectivity index (χ0v) is 48.6. The summed E-state index contributed by atoms with van der Waals surface area (Å²) < 4.78 is 12.4. The van der Waals surface area contributed by atoms with Crippen LogP contribution in [0.3, 0.4) is 0 Å². The molecule has 2 aliphatic rings. The van der Waals surface area contributed by atoms with Crippen LogP contribution in [-0.2, 0) is 10.8 Å². The third-order valence-corrected chi connectivity index (χ3v) is 18.7. The molecule has 16 aromatic rings. The summed E-state index contributed by atoms with van der Waals surface area (Å²) in [6, 6.07) is 113. The molecule has 0 unspecified atom stereocenters. The molecular formula is C84H52N4O2. The molecule has 6 nitrogen and oxygen atoms in total. The smallest absolute Gasteiger partial charge is 0.227 e. The zero-order chi connectivity index (χ0) is 59.3. The molecule has 2 aliphatic carbocycles. The second-order valence-electron chi connectivity index (χ2n) is 23.5. The van der Waals surface area contributed by atoms with Gasteiger partial charge in [0.2, 0.25) is 11.8 Å². The van der Waals surface area contributed by atoms with E-state index in [2.05, 4.69) is 267 Å². The Morgan fingerprint density at radius 2 is 0.478 bits per heavy atom. The molecule has 3 heterocycles. The van der Waals surface area contributed by atoms with Crippen LogP contribution >= 0.6 is 0 Å². The molecule has 0 radical (unpaired) electrons. The number of oxazole rings is 2. The summed E-state index contributed by atoms with van der Waals surface area (Å²) in [5.41, 5.74) is 27.6. The van der Waals surface area contributed by atoms with Gasteiger partial charge in [-0.05, 0) is 174 Å². The predicted octanol–water partition coefficient (Wildman–Crippen LogP) is 20.6. The fourth-order valence-electron chi connectivity index (χ4n) is 14.6. The fraction of sp³-hybridized carbons (Fsp3) is 0.0238. The number of aromatic nitrogens is 4. The van der Waals surface area contributed by atoms with Gasteiger partial charge in [-0.15, -0.1) is 0 Å². The van der Waals surface area contributed by atoms with Crippen LogP contribution in [0.15, 0.2) is 324 Å². The van der Waals surface area contributed by atoms with Crippen LogP contribution in [-0.4, -0.2) is 19.9 Å². The average molecular weight is 1150 g/mol. The first-order chi connectivity index (χ1) is 44.6. The number of para-hydroxylation sites is 6. The number of nitrogens with zero attached hydrogens (tertiary/aromatic N) is 4. The van der Waals surface area contributed by atoms with Crippen molar-refractivity contribution < 1.29 is 8.83 Å². The highest BCUT2D eigenvalue weighted by molar-refractivity contribution is 5.95. The van der Waals surface area contributed by atoms with E-state index in [1.165, 1.54) is 66.8 Å². The zero-order valence-electron chi connectivity index (χ0n) is 48.6. The van der Waals surface area contributed by atoms with E-state index in [9.17, 15) is 0 Å². The quantitative estimate of drug-likeness (QED) is 0.136. The Balaban J connectivity index is 0.802. The maximum Gasteiger partial charge on any atom is 0.227 e. The summed E-state index contributed by atoms with van der Waals surface area (Å²) in [6.07, 6.45) is 0. The Labute approximate surface area is 519 Å². The Morgan fingerprint density at radius 1 is 0.211 bits per heavy atom. The summed E-state index contributed by atoms with van der Waals surface area (Å²) in [5, 5.41) is 0. The van der Waals surface area contributed by atoms with Crippen LogP contribution in [0.4, 0.5) is 0 Å². The molecule has 0 bridgehead atoms. The van der Waals surface area contributed by atoms with Crippen LogP contribution in [0.25, 0.3) is 123 Å². The monoisotopic (exact) mass is 1150 g/mol. The molecule has 13 aromatic carbocycles. The average Bonchev–Trinajstić information content (AvgIpc) is 1.54. The van der Waals surface area contributed by atoms with Crippen LogP contribution in [0, 0.1) is 0 Å². The van der Waals surface area contributed by atoms with Crippen molar-refractivity contribution in [3.63, 3.8) is 0 Å². The minimum atomic E-state index is -0.710. The van der Waals surface area contributed by atoms with Crippen molar-refractivity contribution >= 4 is 33.2 Å². The summed E-state index contributed by atoms with van der Waals surface area (Å²) >= 11 is 0. The van der Waals surface area contributed by atoms with E-state index in [4.69, 9.17) is 28.8 Å². The molecule has 0 saturated heterocycles. The summed E-state index contributed by atoms with van der Waals surface area (Å²) in [6.45, 7) is 0. The van der Waals surface area contributed by atoms with Gasteiger partial charge >= 0.3 is 0 Å². The largest absolute Gasteiger partial charge is 0.436 e. The molecule has 0 amide bonds. The highest BCUT2D eigenvalue weighted by Gasteiger charge is 2.48. The van der Waals surface area contributed by atoms with Crippen LogP contribution in [0.5, 0.6) is 0 Å². The molecule has 18 rings (SSSR count). The lowest BCUT2D eigenvalue weighted by molar-refractivity contribution is 0.619. The SMILES string of the molecule is c1ccc(C2(c3ccccc3)c3cc(-c4ccc(-c5nc6ccccc6o5)cc4)ccc3-c3ccc(-c4nc5ccccc5nc4-c4ccc5c(c4)C(c4ccccc4)(c4ccccc4)c4cc(-c6ccc(-c7nc8ccccc8o7)cc6)ccc4-5)cc32)cc1. The number of benzene rings is 13. The molecule has 0 fully saturated rings. The fourth-order valence-corrected chi connectivity index (χ4v) is 14.6. The van der Waals surface area contributed by atoms with Crippen molar-refractivity contribution in [3.05, 3.63) is 360 Å². The first kappa shape index (κ1) is 51.4. The normalized spacial score (nSPS) is 13.3. The van der Waals surface area contributed by atoms with E-state index < -0.39 is 10.8 Å². The van der Waals surface area contributed by atoms with Gasteiger partial charge in [-0.2, -0.15) is 0 Å². The molecule has 0 saturated carbocycles. The second kappa shape index (κ2) is 20.4. The van der Waals surface area contributed by atoms with Crippen molar-refractivity contribution in [2.75, 3.05) is 0 Å². The second-order valence-corrected chi connectivity index (χ2v) is 23.5. The molecule has 6 heteroatoms. The van der Waals surface area contributed by atoms with Gasteiger partial charge in [-0.25, -0.2) is 19.9 Å². The number of hydrogen-bond donors (Lipinski definition) is 0. The lowest BCUT2D eigenvalue weighted by atomic mass is 9.67. The highest BCUT2D eigenvalue weighted by Crippen LogP contribution is 2.60. The van der Waals surface area contributed by atoms with Crippen molar-refractivity contribution in [2.45, 2.75) is 10.8 Å². The van der Waals surface area contributed by atoms with Gasteiger partial charge in [0.05, 0.1) is 33.3 Å². The molecule has 0 spiro atoms. The topological polar surface area (TPSA) is 77.8 Å². The van der Waals surface area contributed by atoms with Gasteiger partial charge < -0.3 is 8.83 Å². The minimum Gasteiger partial charge on any atom is -0.436 e. The first-order valence-electron chi connectivity index (χ1n) is 30.6. The maximum absolute atomic E-state index is 6.20. The maximum atomic E-state index is 6.20. The van der Waals surface area contributed by atoms with Crippen molar-refractivity contribution in [1.29, 1.82) is 0 Å². The standard InChI is InChI=1S/C84H52N4O2/c1-5-19-61(20-6-1)83(62-21-7-2-8-22-62)69-49-57(53-33-37-55(38-34-53)81-87-75-29-15-17-31-77(75)89-81)41-45-65(69)67-47-43-59(51-71(67)83)79-80(86-74-28-14-13-27-73(74)85-79)60-44-48-68-66-46-42-58(54-35-39-56(40-36-54)82-88-76-30-16-18-32-78(76)90-82)50-70(66)84(72(68)52-60,63-23-9-3-10-24-63)64-25-11-4-12-26-64/h1-52H. The third kappa shape index (κ3) is 7.91. The van der Waals surface area contributed by atoms with Crippen molar-refractivity contribution in [2.24, 2.45) is 0 Å². The van der Waals surface area contributed by atoms with Gasteiger partial charge in [0.15, 0.2) is 11.2 Å².